The molecule has 0 aliphatic carbocycles. The zero-order chi connectivity index (χ0) is 14.4. The Labute approximate surface area is 114 Å². The van der Waals surface area contributed by atoms with Crippen LogP contribution in [0.5, 0.6) is 0 Å². The molecule has 0 heterocycles. The van der Waals surface area contributed by atoms with Crippen molar-refractivity contribution in [1.29, 1.82) is 0 Å². The predicted molar refractivity (Wildman–Crippen MR) is 79.1 cm³/mol. The minimum absolute atomic E-state index is 0.531. The van der Waals surface area contributed by atoms with Crippen LogP contribution < -0.4 is 0 Å². The van der Waals surface area contributed by atoms with Gasteiger partial charge in [0.1, 0.15) is 0 Å². The van der Waals surface area contributed by atoms with Crippen LogP contribution in [-0.2, 0) is 13.9 Å². The maximum Gasteiger partial charge on any atom is 0.257 e. The Morgan fingerprint density at radius 1 is 0.889 bits per heavy atom. The van der Waals surface area contributed by atoms with Gasteiger partial charge in [-0.15, -0.1) is 0 Å². The molecule has 3 nitrogen and oxygen atoms in total. The van der Waals surface area contributed by atoms with Gasteiger partial charge in [0.25, 0.3) is 8.32 Å². The summed E-state index contributed by atoms with van der Waals surface area (Å²) in [5, 5.41) is 0. The van der Waals surface area contributed by atoms with E-state index in [4.69, 9.17) is 13.9 Å². The van der Waals surface area contributed by atoms with Gasteiger partial charge in [-0.3, -0.25) is 0 Å². The van der Waals surface area contributed by atoms with Crippen LogP contribution in [-0.4, -0.2) is 35.1 Å². The summed E-state index contributed by atoms with van der Waals surface area (Å²) in [5.74, 6) is 1.18. The second kappa shape index (κ2) is 7.63. The lowest BCUT2D eigenvalue weighted by Gasteiger charge is -2.46. The van der Waals surface area contributed by atoms with Crippen LogP contribution in [0.3, 0.4) is 0 Å². The van der Waals surface area contributed by atoms with E-state index in [-0.39, 0.29) is 0 Å². The third-order valence-electron chi connectivity index (χ3n) is 3.69. The molecule has 0 fully saturated rings. The molecule has 0 aliphatic rings. The van der Waals surface area contributed by atoms with Crippen molar-refractivity contribution < 1.29 is 13.9 Å². The first kappa shape index (κ1) is 18.1. The van der Waals surface area contributed by atoms with E-state index in [1.54, 1.807) is 14.2 Å². The Kier molecular flexibility index (Phi) is 7.67. The smallest absolute Gasteiger partial charge is 0.257 e. The zero-order valence-electron chi connectivity index (χ0n) is 13.5. The van der Waals surface area contributed by atoms with E-state index in [0.29, 0.717) is 11.8 Å². The molecular formula is C14H32O3Si. The van der Waals surface area contributed by atoms with Gasteiger partial charge in [0.05, 0.1) is 0 Å². The summed E-state index contributed by atoms with van der Waals surface area (Å²) in [6, 6.07) is 2.13. The first-order chi connectivity index (χ1) is 8.33. The van der Waals surface area contributed by atoms with Crippen LogP contribution in [0.15, 0.2) is 0 Å². The second-order valence-corrected chi connectivity index (χ2v) is 9.88. The van der Waals surface area contributed by atoms with Gasteiger partial charge < -0.3 is 13.9 Å². The molecule has 0 amide bonds. The Balaban J connectivity index is 5.49. The lowest BCUT2D eigenvalue weighted by molar-refractivity contribution is -0.163. The minimum atomic E-state index is -2.12. The average Bonchev–Trinajstić information content (AvgIpc) is 2.30. The van der Waals surface area contributed by atoms with Crippen molar-refractivity contribution in [3.05, 3.63) is 0 Å². The van der Waals surface area contributed by atoms with Gasteiger partial charge in [0.15, 0.2) is 5.41 Å². The summed E-state index contributed by atoms with van der Waals surface area (Å²) in [6.07, 6.45) is 0.833. The first-order valence-electron chi connectivity index (χ1n) is 6.98. The van der Waals surface area contributed by atoms with Crippen LogP contribution in [0.1, 0.15) is 41.0 Å². The lowest BCUT2D eigenvalue weighted by Crippen LogP contribution is -2.63. The van der Waals surface area contributed by atoms with Crippen molar-refractivity contribution in [3.63, 3.8) is 0 Å². The molecule has 0 spiro atoms. The molecule has 0 rings (SSSR count). The molecule has 0 radical (unpaired) electrons. The highest BCUT2D eigenvalue weighted by atomic mass is 28.4. The summed E-state index contributed by atoms with van der Waals surface area (Å²) in [7, 11) is 3.20. The largest absolute Gasteiger partial charge is 0.414 e. The van der Waals surface area contributed by atoms with Crippen LogP contribution >= 0.6 is 0 Å². The fraction of sp³-hybridized carbons (Fsp3) is 1.00. The molecule has 4 heteroatoms. The van der Waals surface area contributed by atoms with Crippen molar-refractivity contribution >= 4 is 8.32 Å². The summed E-state index contributed by atoms with van der Waals surface area (Å²) in [4.78, 5) is 0. The van der Waals surface area contributed by atoms with E-state index in [9.17, 15) is 0 Å². The molecule has 0 aromatic rings. The monoisotopic (exact) mass is 276 g/mol. The topological polar surface area (TPSA) is 27.7 Å². The van der Waals surface area contributed by atoms with E-state index < -0.39 is 13.7 Å². The average molecular weight is 276 g/mol. The molecule has 0 saturated carbocycles. The van der Waals surface area contributed by atoms with E-state index in [1.165, 1.54) is 0 Å². The number of ether oxygens (including phenoxy) is 2. The molecule has 0 N–H and O–H groups in total. The zero-order valence-corrected chi connectivity index (χ0v) is 14.5. The van der Waals surface area contributed by atoms with E-state index in [1.807, 2.05) is 7.11 Å². The van der Waals surface area contributed by atoms with Crippen molar-refractivity contribution in [2.75, 3.05) is 21.3 Å². The summed E-state index contributed by atoms with van der Waals surface area (Å²) in [6.45, 7) is 11.1. The Hall–Kier alpha value is 0.0969. The Bertz CT molecular complexity index is 207. The molecule has 0 saturated heterocycles. The lowest BCUT2D eigenvalue weighted by atomic mass is 10.3. The molecule has 18 heavy (non-hydrogen) atoms. The van der Waals surface area contributed by atoms with E-state index in [2.05, 4.69) is 34.6 Å². The van der Waals surface area contributed by atoms with Crippen LogP contribution in [0.25, 0.3) is 0 Å². The third kappa shape index (κ3) is 3.79. The fourth-order valence-corrected chi connectivity index (χ4v) is 8.56. The molecule has 0 aromatic carbocycles. The van der Waals surface area contributed by atoms with Crippen LogP contribution in [0, 0.1) is 11.8 Å². The summed E-state index contributed by atoms with van der Waals surface area (Å²) >= 11 is 0. The van der Waals surface area contributed by atoms with E-state index >= 15 is 0 Å². The van der Waals surface area contributed by atoms with Crippen molar-refractivity contribution in [1.82, 2.24) is 0 Å². The van der Waals surface area contributed by atoms with Crippen molar-refractivity contribution in [2.24, 2.45) is 11.8 Å². The number of rotatable bonds is 9. The molecule has 0 aliphatic heterocycles. The highest BCUT2D eigenvalue weighted by Gasteiger charge is 2.55. The molecular weight excluding hydrogens is 244 g/mol. The van der Waals surface area contributed by atoms with Gasteiger partial charge in [-0.05, 0) is 30.3 Å². The van der Waals surface area contributed by atoms with Gasteiger partial charge >= 0.3 is 0 Å². The Morgan fingerprint density at radius 3 is 1.44 bits per heavy atom. The normalized spacial score (nSPS) is 13.7. The van der Waals surface area contributed by atoms with Crippen molar-refractivity contribution in [3.8, 4) is 0 Å². The predicted octanol–water partition coefficient (Wildman–Crippen LogP) is 3.83. The molecule has 0 aromatic heterocycles. The fourth-order valence-electron chi connectivity index (χ4n) is 3.10. The third-order valence-corrected chi connectivity index (χ3v) is 9.57. The molecule has 0 unspecified atom stereocenters. The van der Waals surface area contributed by atoms with Gasteiger partial charge in [0, 0.05) is 21.3 Å². The van der Waals surface area contributed by atoms with E-state index in [0.717, 1.165) is 18.5 Å². The van der Waals surface area contributed by atoms with Crippen LogP contribution in [0.2, 0.25) is 12.1 Å². The van der Waals surface area contributed by atoms with Crippen LogP contribution in [0.4, 0.5) is 0 Å². The number of methoxy groups -OCH3 is 2. The highest BCUT2D eigenvalue weighted by molar-refractivity contribution is 6.76. The second-order valence-electron chi connectivity index (χ2n) is 5.91. The SMILES string of the molecule is CCC(OC)(OC)[Si](CC(C)C)(CC(C)C)OC. The van der Waals surface area contributed by atoms with Gasteiger partial charge in [0.2, 0.25) is 0 Å². The highest BCUT2D eigenvalue weighted by Crippen LogP contribution is 2.39. The molecule has 110 valence electrons. The quantitative estimate of drug-likeness (QED) is 0.473. The summed E-state index contributed by atoms with van der Waals surface area (Å²) < 4.78 is 17.7. The molecule has 0 atom stereocenters. The van der Waals surface area contributed by atoms with Gasteiger partial charge in [-0.1, -0.05) is 34.6 Å². The van der Waals surface area contributed by atoms with Gasteiger partial charge in [-0.25, -0.2) is 0 Å². The number of hydrogen-bond donors (Lipinski definition) is 0. The Morgan fingerprint density at radius 2 is 1.28 bits per heavy atom. The van der Waals surface area contributed by atoms with Gasteiger partial charge in [-0.2, -0.15) is 0 Å². The van der Waals surface area contributed by atoms with Crippen molar-refractivity contribution in [2.45, 2.75) is 58.5 Å². The standard InChI is InChI=1S/C14H32O3Si/c1-9-14(15-6,16-7)18(17-8,10-12(2)3)11-13(4)5/h12-13H,9-11H2,1-8H3. The minimum Gasteiger partial charge on any atom is -0.414 e. The maximum atomic E-state index is 6.09. The summed E-state index contributed by atoms with van der Waals surface area (Å²) in [5.41, 5.74) is -0.531. The molecule has 0 bridgehead atoms. The number of hydrogen-bond acceptors (Lipinski definition) is 3. The maximum absolute atomic E-state index is 6.09. The first-order valence-corrected chi connectivity index (χ1v) is 9.30.